The van der Waals surface area contributed by atoms with Gasteiger partial charge in [0.05, 0.1) is 6.61 Å². The van der Waals surface area contributed by atoms with E-state index in [0.717, 1.165) is 28.8 Å². The molecular formula is C16H20N2O3. The number of hydrogen-bond donors (Lipinski definition) is 2. The lowest BCUT2D eigenvalue weighted by Crippen LogP contribution is -2.05. The molecule has 0 bridgehead atoms. The minimum absolute atomic E-state index is 0.168. The molecule has 0 aliphatic rings. The Labute approximate surface area is 124 Å². The van der Waals surface area contributed by atoms with Crippen LogP contribution in [0.5, 0.6) is 5.75 Å². The first-order valence-electron chi connectivity index (χ1n) is 7.18. The van der Waals surface area contributed by atoms with Crippen molar-refractivity contribution in [2.75, 3.05) is 18.5 Å². The van der Waals surface area contributed by atoms with Crippen LogP contribution in [0.3, 0.4) is 0 Å². The SMILES string of the molecule is CCCOc1cccc2c(NCCCC(=O)O)ccnc12. The van der Waals surface area contributed by atoms with Crippen LogP contribution in [0.15, 0.2) is 30.5 Å². The van der Waals surface area contributed by atoms with Crippen LogP contribution in [-0.4, -0.2) is 29.2 Å². The van der Waals surface area contributed by atoms with Gasteiger partial charge in [0.25, 0.3) is 0 Å². The number of nitrogens with zero attached hydrogens (tertiary/aromatic N) is 1. The van der Waals surface area contributed by atoms with Gasteiger partial charge in [0.15, 0.2) is 0 Å². The standard InChI is InChI=1S/C16H20N2O3/c1-2-11-21-14-6-3-5-12-13(8-10-18-16(12)14)17-9-4-7-15(19)20/h3,5-6,8,10H,2,4,7,9,11H2,1H3,(H,17,18)(H,19,20). The van der Waals surface area contributed by atoms with Gasteiger partial charge in [-0.3, -0.25) is 9.78 Å². The zero-order valence-corrected chi connectivity index (χ0v) is 12.1. The Morgan fingerprint density at radius 3 is 3.00 bits per heavy atom. The van der Waals surface area contributed by atoms with Crippen LogP contribution in [0.1, 0.15) is 26.2 Å². The van der Waals surface area contributed by atoms with Crippen LogP contribution in [0.2, 0.25) is 0 Å². The third-order valence-corrected chi connectivity index (χ3v) is 3.08. The summed E-state index contributed by atoms with van der Waals surface area (Å²) in [7, 11) is 0. The number of pyridine rings is 1. The molecule has 0 saturated heterocycles. The molecule has 0 unspecified atom stereocenters. The average molecular weight is 288 g/mol. The van der Waals surface area contributed by atoms with E-state index in [4.69, 9.17) is 9.84 Å². The number of aliphatic carboxylic acids is 1. The zero-order valence-electron chi connectivity index (χ0n) is 12.1. The minimum Gasteiger partial charge on any atom is -0.491 e. The second kappa shape index (κ2) is 7.47. The summed E-state index contributed by atoms with van der Waals surface area (Å²) in [5.74, 6) is 0.00942. The highest BCUT2D eigenvalue weighted by Crippen LogP contribution is 2.28. The van der Waals surface area contributed by atoms with E-state index in [2.05, 4.69) is 17.2 Å². The summed E-state index contributed by atoms with van der Waals surface area (Å²) in [4.78, 5) is 14.9. The van der Waals surface area contributed by atoms with Crippen molar-refractivity contribution in [1.29, 1.82) is 0 Å². The third-order valence-electron chi connectivity index (χ3n) is 3.08. The maximum atomic E-state index is 10.5. The van der Waals surface area contributed by atoms with Gasteiger partial charge >= 0.3 is 5.97 Å². The Balaban J connectivity index is 2.15. The van der Waals surface area contributed by atoms with E-state index in [1.807, 2.05) is 24.3 Å². The first kappa shape index (κ1) is 15.1. The normalized spacial score (nSPS) is 10.5. The van der Waals surface area contributed by atoms with Crippen LogP contribution in [0.4, 0.5) is 5.69 Å². The molecule has 0 fully saturated rings. The van der Waals surface area contributed by atoms with E-state index < -0.39 is 5.97 Å². The molecule has 0 radical (unpaired) electrons. The Morgan fingerprint density at radius 1 is 1.38 bits per heavy atom. The summed E-state index contributed by atoms with van der Waals surface area (Å²) < 4.78 is 5.71. The number of carboxylic acid groups (broad SMARTS) is 1. The van der Waals surface area contributed by atoms with Gasteiger partial charge in [-0.05, 0) is 25.0 Å². The molecule has 1 aromatic heterocycles. The number of ether oxygens (including phenoxy) is 1. The topological polar surface area (TPSA) is 71.5 Å². The fraction of sp³-hybridized carbons (Fsp3) is 0.375. The van der Waals surface area contributed by atoms with Crippen molar-refractivity contribution in [2.24, 2.45) is 0 Å². The Hall–Kier alpha value is -2.30. The lowest BCUT2D eigenvalue weighted by Gasteiger charge is -2.12. The summed E-state index contributed by atoms with van der Waals surface area (Å²) in [5.41, 5.74) is 1.78. The number of carboxylic acids is 1. The second-order valence-corrected chi connectivity index (χ2v) is 4.78. The molecule has 0 atom stereocenters. The fourth-order valence-corrected chi connectivity index (χ4v) is 2.09. The fourth-order valence-electron chi connectivity index (χ4n) is 2.09. The average Bonchev–Trinajstić information content (AvgIpc) is 2.49. The van der Waals surface area contributed by atoms with Gasteiger partial charge in [-0.25, -0.2) is 0 Å². The van der Waals surface area contributed by atoms with Crippen LogP contribution in [0.25, 0.3) is 10.9 Å². The number of para-hydroxylation sites is 1. The maximum Gasteiger partial charge on any atom is 0.303 e. The number of fused-ring (bicyclic) bond motifs is 1. The van der Waals surface area contributed by atoms with E-state index in [1.165, 1.54) is 0 Å². The summed E-state index contributed by atoms with van der Waals surface area (Å²) in [6.45, 7) is 3.34. The smallest absolute Gasteiger partial charge is 0.303 e. The number of aromatic nitrogens is 1. The molecule has 1 aromatic carbocycles. The molecule has 0 saturated carbocycles. The Kier molecular flexibility index (Phi) is 5.37. The summed E-state index contributed by atoms with van der Waals surface area (Å²) in [6.07, 6.45) is 3.44. The van der Waals surface area contributed by atoms with E-state index in [0.29, 0.717) is 19.6 Å². The van der Waals surface area contributed by atoms with Crippen molar-refractivity contribution >= 4 is 22.6 Å². The van der Waals surface area contributed by atoms with Crippen LogP contribution < -0.4 is 10.1 Å². The predicted octanol–water partition coefficient (Wildman–Crippen LogP) is 3.30. The summed E-state index contributed by atoms with van der Waals surface area (Å²) in [5, 5.41) is 12.9. The first-order valence-corrected chi connectivity index (χ1v) is 7.18. The van der Waals surface area contributed by atoms with E-state index in [-0.39, 0.29) is 6.42 Å². The van der Waals surface area contributed by atoms with Crippen molar-refractivity contribution in [3.05, 3.63) is 30.5 Å². The molecule has 2 aromatic rings. The lowest BCUT2D eigenvalue weighted by atomic mass is 10.1. The lowest BCUT2D eigenvalue weighted by molar-refractivity contribution is -0.137. The van der Waals surface area contributed by atoms with Crippen LogP contribution >= 0.6 is 0 Å². The molecular weight excluding hydrogens is 268 g/mol. The minimum atomic E-state index is -0.772. The monoisotopic (exact) mass is 288 g/mol. The van der Waals surface area contributed by atoms with Crippen molar-refractivity contribution in [3.63, 3.8) is 0 Å². The molecule has 21 heavy (non-hydrogen) atoms. The molecule has 2 rings (SSSR count). The summed E-state index contributed by atoms with van der Waals surface area (Å²) >= 11 is 0. The molecule has 1 heterocycles. The van der Waals surface area contributed by atoms with Gasteiger partial charge in [-0.2, -0.15) is 0 Å². The van der Waals surface area contributed by atoms with Crippen LogP contribution in [0, 0.1) is 0 Å². The summed E-state index contributed by atoms with van der Waals surface area (Å²) in [6, 6.07) is 7.74. The highest BCUT2D eigenvalue weighted by Gasteiger charge is 2.07. The van der Waals surface area contributed by atoms with Crippen molar-refractivity contribution < 1.29 is 14.6 Å². The Morgan fingerprint density at radius 2 is 2.24 bits per heavy atom. The molecule has 0 aliphatic carbocycles. The van der Waals surface area contributed by atoms with Gasteiger partial charge in [0.1, 0.15) is 11.3 Å². The van der Waals surface area contributed by atoms with Gasteiger partial charge in [-0.15, -0.1) is 0 Å². The van der Waals surface area contributed by atoms with Crippen molar-refractivity contribution in [3.8, 4) is 5.75 Å². The van der Waals surface area contributed by atoms with Crippen molar-refractivity contribution in [2.45, 2.75) is 26.2 Å². The van der Waals surface area contributed by atoms with Gasteiger partial charge in [-0.1, -0.05) is 19.1 Å². The number of anilines is 1. The van der Waals surface area contributed by atoms with Gasteiger partial charge in [0, 0.05) is 30.2 Å². The molecule has 112 valence electrons. The highest BCUT2D eigenvalue weighted by atomic mass is 16.5. The molecule has 5 heteroatoms. The molecule has 5 nitrogen and oxygen atoms in total. The number of rotatable bonds is 8. The molecule has 0 spiro atoms. The third kappa shape index (κ3) is 4.08. The van der Waals surface area contributed by atoms with E-state index in [1.54, 1.807) is 6.20 Å². The maximum absolute atomic E-state index is 10.5. The zero-order chi connectivity index (χ0) is 15.1. The van der Waals surface area contributed by atoms with E-state index >= 15 is 0 Å². The van der Waals surface area contributed by atoms with Crippen LogP contribution in [-0.2, 0) is 4.79 Å². The van der Waals surface area contributed by atoms with Gasteiger partial charge < -0.3 is 15.2 Å². The quantitative estimate of drug-likeness (QED) is 0.729. The molecule has 0 aliphatic heterocycles. The highest BCUT2D eigenvalue weighted by molar-refractivity contribution is 5.94. The number of nitrogens with one attached hydrogen (secondary N) is 1. The molecule has 2 N–H and O–H groups in total. The van der Waals surface area contributed by atoms with Crippen molar-refractivity contribution in [1.82, 2.24) is 4.98 Å². The number of carbonyl (C=O) groups is 1. The predicted molar refractivity (Wildman–Crippen MR) is 82.9 cm³/mol. The number of benzene rings is 1. The molecule has 0 amide bonds. The largest absolute Gasteiger partial charge is 0.491 e. The van der Waals surface area contributed by atoms with E-state index in [9.17, 15) is 4.79 Å². The Bertz CT molecular complexity index is 613. The first-order chi connectivity index (χ1) is 10.2. The number of hydrogen-bond acceptors (Lipinski definition) is 4. The second-order valence-electron chi connectivity index (χ2n) is 4.78. The van der Waals surface area contributed by atoms with Gasteiger partial charge in [0.2, 0.25) is 0 Å².